The van der Waals surface area contributed by atoms with Gasteiger partial charge in [-0.1, -0.05) is 25.1 Å². The molecule has 0 aromatic heterocycles. The molecule has 0 bridgehead atoms. The first kappa shape index (κ1) is 17.9. The third-order valence-corrected chi connectivity index (χ3v) is 5.22. The van der Waals surface area contributed by atoms with Crippen molar-refractivity contribution in [3.05, 3.63) is 30.3 Å². The Kier molecular flexibility index (Phi) is 5.39. The molecule has 1 aromatic carbocycles. The predicted molar refractivity (Wildman–Crippen MR) is 96.3 cm³/mol. The lowest BCUT2D eigenvalue weighted by Gasteiger charge is -2.32. The van der Waals surface area contributed by atoms with Crippen LogP contribution in [0.15, 0.2) is 30.3 Å². The lowest BCUT2D eigenvalue weighted by atomic mass is 9.99. The van der Waals surface area contributed by atoms with Crippen molar-refractivity contribution in [2.75, 3.05) is 31.1 Å². The molecule has 2 heterocycles. The van der Waals surface area contributed by atoms with E-state index < -0.39 is 12.1 Å². The Bertz CT molecular complexity index is 614. The quantitative estimate of drug-likeness (QED) is 0.829. The van der Waals surface area contributed by atoms with Crippen LogP contribution in [0.5, 0.6) is 0 Å². The highest BCUT2D eigenvalue weighted by molar-refractivity contribution is 6.14. The van der Waals surface area contributed by atoms with Gasteiger partial charge in [0, 0.05) is 12.2 Å². The van der Waals surface area contributed by atoms with Crippen molar-refractivity contribution in [3.8, 4) is 0 Å². The van der Waals surface area contributed by atoms with Gasteiger partial charge < -0.3 is 10.0 Å². The standard InChI is InChI=1S/C19H27N3O3/c1-14-8-10-20(11-9-14)12-17(23)13-21-18(24)15(2)22(19(21)25)16-6-4-3-5-7-16/h3-7,14-15,17,23H,8-13H2,1-2H3. The van der Waals surface area contributed by atoms with Gasteiger partial charge in [-0.05, 0) is 50.9 Å². The first-order valence-corrected chi connectivity index (χ1v) is 9.07. The largest absolute Gasteiger partial charge is 0.390 e. The van der Waals surface area contributed by atoms with E-state index in [1.54, 1.807) is 6.92 Å². The second-order valence-corrected chi connectivity index (χ2v) is 7.25. The number of hydrogen-bond acceptors (Lipinski definition) is 4. The molecule has 0 saturated carbocycles. The zero-order chi connectivity index (χ0) is 18.0. The average molecular weight is 345 g/mol. The number of carbonyl (C=O) groups is 2. The van der Waals surface area contributed by atoms with Crippen LogP contribution in [0.4, 0.5) is 10.5 Å². The van der Waals surface area contributed by atoms with Crippen molar-refractivity contribution in [1.82, 2.24) is 9.80 Å². The average Bonchev–Trinajstić information content (AvgIpc) is 2.81. The lowest BCUT2D eigenvalue weighted by Crippen LogP contribution is -2.45. The number of hydrogen-bond donors (Lipinski definition) is 1. The number of imide groups is 1. The van der Waals surface area contributed by atoms with Gasteiger partial charge in [0.2, 0.25) is 0 Å². The minimum Gasteiger partial charge on any atom is -0.390 e. The highest BCUT2D eigenvalue weighted by Crippen LogP contribution is 2.25. The van der Waals surface area contributed by atoms with Crippen molar-refractivity contribution < 1.29 is 14.7 Å². The molecule has 136 valence electrons. The fraction of sp³-hybridized carbons (Fsp3) is 0.579. The number of β-amino-alcohol motifs (C(OH)–C–C–N with tert-alkyl or cyclic N) is 1. The van der Waals surface area contributed by atoms with Crippen LogP contribution in [0.25, 0.3) is 0 Å². The molecule has 2 unspecified atom stereocenters. The summed E-state index contributed by atoms with van der Waals surface area (Å²) >= 11 is 0. The molecule has 2 fully saturated rings. The summed E-state index contributed by atoms with van der Waals surface area (Å²) in [6, 6.07) is 8.29. The van der Waals surface area contributed by atoms with Gasteiger partial charge in [-0.3, -0.25) is 14.6 Å². The van der Waals surface area contributed by atoms with Gasteiger partial charge in [0.15, 0.2) is 0 Å². The first-order chi connectivity index (χ1) is 12.0. The SMILES string of the molecule is CC1CCN(CC(O)CN2C(=O)C(C)N(c3ccccc3)C2=O)CC1. The van der Waals surface area contributed by atoms with E-state index >= 15 is 0 Å². The van der Waals surface area contributed by atoms with E-state index in [9.17, 15) is 14.7 Å². The van der Waals surface area contributed by atoms with Crippen LogP contribution in [0.3, 0.4) is 0 Å². The molecule has 0 radical (unpaired) electrons. The summed E-state index contributed by atoms with van der Waals surface area (Å²) in [6.07, 6.45) is 1.55. The molecule has 2 saturated heterocycles. The molecule has 6 heteroatoms. The number of likely N-dealkylation sites (tertiary alicyclic amines) is 1. The van der Waals surface area contributed by atoms with Crippen LogP contribution in [0, 0.1) is 5.92 Å². The number of carbonyl (C=O) groups excluding carboxylic acids is 2. The Hall–Kier alpha value is -1.92. The van der Waals surface area contributed by atoms with Gasteiger partial charge in [0.05, 0.1) is 12.6 Å². The summed E-state index contributed by atoms with van der Waals surface area (Å²) in [7, 11) is 0. The molecule has 2 atom stereocenters. The van der Waals surface area contributed by atoms with Gasteiger partial charge in [-0.25, -0.2) is 4.79 Å². The van der Waals surface area contributed by atoms with Crippen LogP contribution >= 0.6 is 0 Å². The molecule has 0 aliphatic carbocycles. The first-order valence-electron chi connectivity index (χ1n) is 9.07. The zero-order valence-corrected chi connectivity index (χ0v) is 15.0. The number of amides is 3. The monoisotopic (exact) mass is 345 g/mol. The Balaban J connectivity index is 1.62. The molecule has 3 rings (SSSR count). The van der Waals surface area contributed by atoms with Crippen LogP contribution in [-0.4, -0.2) is 65.2 Å². The molecule has 25 heavy (non-hydrogen) atoms. The number of rotatable bonds is 5. The molecular weight excluding hydrogens is 318 g/mol. The predicted octanol–water partition coefficient (Wildman–Crippen LogP) is 1.94. The van der Waals surface area contributed by atoms with Crippen LogP contribution < -0.4 is 4.90 Å². The summed E-state index contributed by atoms with van der Waals surface area (Å²) in [6.45, 7) is 6.46. The third kappa shape index (κ3) is 3.85. The fourth-order valence-electron chi connectivity index (χ4n) is 3.63. The van der Waals surface area contributed by atoms with Crippen LogP contribution in [0.2, 0.25) is 0 Å². The topological polar surface area (TPSA) is 64.1 Å². The maximum Gasteiger partial charge on any atom is 0.332 e. The number of piperidine rings is 1. The van der Waals surface area contributed by atoms with Gasteiger partial charge >= 0.3 is 6.03 Å². The van der Waals surface area contributed by atoms with Crippen molar-refractivity contribution in [3.63, 3.8) is 0 Å². The fourth-order valence-corrected chi connectivity index (χ4v) is 3.63. The second kappa shape index (κ2) is 7.54. The normalized spacial score (nSPS) is 24.2. The minimum atomic E-state index is -0.718. The van der Waals surface area contributed by atoms with E-state index in [1.165, 1.54) is 9.80 Å². The van der Waals surface area contributed by atoms with Gasteiger partial charge in [-0.15, -0.1) is 0 Å². The van der Waals surface area contributed by atoms with Crippen LogP contribution in [0.1, 0.15) is 26.7 Å². The van der Waals surface area contributed by atoms with Crippen LogP contribution in [-0.2, 0) is 4.79 Å². The van der Waals surface area contributed by atoms with Crippen molar-refractivity contribution in [2.45, 2.75) is 38.8 Å². The summed E-state index contributed by atoms with van der Waals surface area (Å²) in [5, 5.41) is 10.4. The van der Waals surface area contributed by atoms with E-state index in [0.29, 0.717) is 12.2 Å². The minimum absolute atomic E-state index is 0.0530. The smallest absolute Gasteiger partial charge is 0.332 e. The molecular formula is C19H27N3O3. The zero-order valence-electron chi connectivity index (χ0n) is 15.0. The Morgan fingerprint density at radius 3 is 2.36 bits per heavy atom. The molecule has 6 nitrogen and oxygen atoms in total. The van der Waals surface area contributed by atoms with Crippen molar-refractivity contribution in [1.29, 1.82) is 0 Å². The molecule has 1 aromatic rings. The second-order valence-electron chi connectivity index (χ2n) is 7.25. The Morgan fingerprint density at radius 2 is 1.72 bits per heavy atom. The highest BCUT2D eigenvalue weighted by atomic mass is 16.3. The molecule has 2 aliphatic heterocycles. The van der Waals surface area contributed by atoms with E-state index in [2.05, 4.69) is 11.8 Å². The maximum absolute atomic E-state index is 12.7. The molecule has 3 amide bonds. The molecule has 0 spiro atoms. The Labute approximate surface area is 149 Å². The number of nitrogens with zero attached hydrogens (tertiary/aromatic N) is 3. The number of anilines is 1. The van der Waals surface area contributed by atoms with E-state index in [-0.39, 0.29) is 18.5 Å². The highest BCUT2D eigenvalue weighted by Gasteiger charge is 2.43. The number of aliphatic hydroxyl groups excluding tert-OH is 1. The third-order valence-electron chi connectivity index (χ3n) is 5.22. The van der Waals surface area contributed by atoms with E-state index in [1.807, 2.05) is 30.3 Å². The summed E-state index contributed by atoms with van der Waals surface area (Å²) in [4.78, 5) is 30.1. The van der Waals surface area contributed by atoms with Gasteiger partial charge in [-0.2, -0.15) is 0 Å². The number of para-hydroxylation sites is 1. The molecule has 1 N–H and O–H groups in total. The number of benzene rings is 1. The lowest BCUT2D eigenvalue weighted by molar-refractivity contribution is -0.128. The van der Waals surface area contributed by atoms with Gasteiger partial charge in [0.25, 0.3) is 5.91 Å². The van der Waals surface area contributed by atoms with E-state index in [4.69, 9.17) is 0 Å². The number of urea groups is 1. The summed E-state index contributed by atoms with van der Waals surface area (Å²) in [5.41, 5.74) is 0.704. The number of aliphatic hydroxyl groups is 1. The Morgan fingerprint density at radius 1 is 1.08 bits per heavy atom. The summed E-state index contributed by atoms with van der Waals surface area (Å²) in [5.74, 6) is 0.482. The summed E-state index contributed by atoms with van der Waals surface area (Å²) < 4.78 is 0. The van der Waals surface area contributed by atoms with Gasteiger partial charge in [0.1, 0.15) is 6.04 Å². The molecule has 2 aliphatic rings. The van der Waals surface area contributed by atoms with Crippen molar-refractivity contribution >= 4 is 17.6 Å². The van der Waals surface area contributed by atoms with Crippen molar-refractivity contribution in [2.24, 2.45) is 5.92 Å². The maximum atomic E-state index is 12.7. The van der Waals surface area contributed by atoms with E-state index in [0.717, 1.165) is 31.8 Å².